The van der Waals surface area contributed by atoms with Crippen LogP contribution >= 0.6 is 22.7 Å². The summed E-state index contributed by atoms with van der Waals surface area (Å²) in [5.74, 6) is 0.346. The number of nitrogens with one attached hydrogen (secondary N) is 1. The Balaban J connectivity index is 1.57. The van der Waals surface area contributed by atoms with E-state index in [0.717, 1.165) is 41.3 Å². The predicted molar refractivity (Wildman–Crippen MR) is 133 cm³/mol. The zero-order valence-corrected chi connectivity index (χ0v) is 20.2. The molecular weight excluding hydrogens is 493 g/mol. The molecule has 0 bridgehead atoms. The average molecular weight is 514 g/mol. The van der Waals surface area contributed by atoms with Crippen LogP contribution < -0.4 is 14.8 Å². The molecule has 0 atom stereocenters. The van der Waals surface area contributed by atoms with Crippen LogP contribution in [0.3, 0.4) is 0 Å². The maximum absolute atomic E-state index is 13.5. The number of halogens is 1. The van der Waals surface area contributed by atoms with E-state index >= 15 is 0 Å². The Morgan fingerprint density at radius 2 is 1.77 bits per heavy atom. The van der Waals surface area contributed by atoms with Crippen LogP contribution in [0.2, 0.25) is 0 Å². The fraction of sp³-hybridized carbons (Fsp3) is 0.167. The number of thiophene rings is 1. The van der Waals surface area contributed by atoms with Gasteiger partial charge in [-0.3, -0.25) is 20.2 Å². The zero-order chi connectivity index (χ0) is 24.8. The molecule has 0 saturated carbocycles. The Bertz CT molecular complexity index is 1320. The summed E-state index contributed by atoms with van der Waals surface area (Å²) in [6.07, 6.45) is 2.01. The first-order chi connectivity index (χ1) is 16.9. The highest BCUT2D eigenvalue weighted by Gasteiger charge is 2.20. The van der Waals surface area contributed by atoms with Gasteiger partial charge in [-0.25, -0.2) is 9.37 Å². The van der Waals surface area contributed by atoms with Crippen molar-refractivity contribution in [2.45, 2.75) is 19.8 Å². The summed E-state index contributed by atoms with van der Waals surface area (Å²) in [6, 6.07) is 15.5. The lowest BCUT2D eigenvalue weighted by Gasteiger charge is -2.08. The van der Waals surface area contributed by atoms with Crippen molar-refractivity contribution in [1.29, 1.82) is 0 Å². The van der Waals surface area contributed by atoms with Gasteiger partial charge in [0.1, 0.15) is 23.0 Å². The van der Waals surface area contributed by atoms with Crippen molar-refractivity contribution in [2.24, 2.45) is 0 Å². The van der Waals surface area contributed by atoms with E-state index in [1.54, 1.807) is 36.4 Å². The Kier molecular flexibility index (Phi) is 7.68. The minimum absolute atomic E-state index is 0.132. The molecule has 0 aliphatic heterocycles. The highest BCUT2D eigenvalue weighted by atomic mass is 32.1. The molecular formula is C24H20FN3O5S2. The molecule has 0 spiro atoms. The van der Waals surface area contributed by atoms with Gasteiger partial charge in [0, 0.05) is 11.6 Å². The van der Waals surface area contributed by atoms with Gasteiger partial charge in [0.2, 0.25) is 5.06 Å². The Labute approximate surface area is 208 Å². The molecule has 2 heterocycles. The van der Waals surface area contributed by atoms with Crippen LogP contribution in [0.25, 0.3) is 11.3 Å². The molecule has 180 valence electrons. The number of benzene rings is 2. The monoisotopic (exact) mass is 513 g/mol. The van der Waals surface area contributed by atoms with Gasteiger partial charge >= 0.3 is 5.00 Å². The third-order valence-electron chi connectivity index (χ3n) is 4.73. The second-order valence-electron chi connectivity index (χ2n) is 7.29. The predicted octanol–water partition coefficient (Wildman–Crippen LogP) is 7.14. The molecule has 2 aromatic carbocycles. The van der Waals surface area contributed by atoms with Crippen molar-refractivity contribution in [3.63, 3.8) is 0 Å². The number of ether oxygens (including phenoxy) is 2. The van der Waals surface area contributed by atoms with Gasteiger partial charge in [0.15, 0.2) is 5.13 Å². The third-order valence-corrected chi connectivity index (χ3v) is 6.62. The summed E-state index contributed by atoms with van der Waals surface area (Å²) in [6.45, 7) is 2.73. The lowest BCUT2D eigenvalue weighted by atomic mass is 10.2. The molecule has 0 aliphatic carbocycles. The summed E-state index contributed by atoms with van der Waals surface area (Å²) in [7, 11) is 0. The van der Waals surface area contributed by atoms with Crippen molar-refractivity contribution < 1.29 is 23.6 Å². The molecule has 2 aromatic heterocycles. The number of rotatable bonds is 10. The Hall–Kier alpha value is -3.83. The molecule has 11 heteroatoms. The fourth-order valence-electron chi connectivity index (χ4n) is 2.97. The number of thiazole rings is 1. The van der Waals surface area contributed by atoms with E-state index in [-0.39, 0.29) is 15.0 Å². The van der Waals surface area contributed by atoms with E-state index in [9.17, 15) is 19.3 Å². The third kappa shape index (κ3) is 6.19. The number of amides is 1. The molecule has 4 aromatic rings. The molecule has 0 aliphatic rings. The number of nitro groups is 1. The van der Waals surface area contributed by atoms with Gasteiger partial charge in [0.25, 0.3) is 5.91 Å². The molecule has 0 saturated heterocycles. The summed E-state index contributed by atoms with van der Waals surface area (Å²) < 4.78 is 25.2. The van der Waals surface area contributed by atoms with Crippen LogP contribution in [0.15, 0.2) is 60.7 Å². The number of carbonyl (C=O) groups is 1. The van der Waals surface area contributed by atoms with Crippen LogP contribution in [-0.2, 0) is 0 Å². The normalized spacial score (nSPS) is 10.7. The van der Waals surface area contributed by atoms with Gasteiger partial charge < -0.3 is 9.47 Å². The largest absolute Gasteiger partial charge is 0.494 e. The molecule has 0 fully saturated rings. The first kappa shape index (κ1) is 24.3. The maximum Gasteiger partial charge on any atom is 0.324 e. The standard InChI is InChI=1S/C24H20FN3O5S2/c1-2-3-14-32-17-8-10-18(11-9-17)33-23-21(15-4-6-16(25)7-5-15)26-24(35-23)27-22(29)19-12-13-20(34-19)28(30)31/h4-13H,2-3,14H2,1H3,(H,26,27,29). The lowest BCUT2D eigenvalue weighted by molar-refractivity contribution is -0.380. The van der Waals surface area contributed by atoms with Crippen molar-refractivity contribution in [2.75, 3.05) is 11.9 Å². The van der Waals surface area contributed by atoms with Gasteiger partial charge in [-0.15, -0.1) is 0 Å². The van der Waals surface area contributed by atoms with E-state index in [4.69, 9.17) is 9.47 Å². The maximum atomic E-state index is 13.5. The minimum atomic E-state index is -0.552. The van der Waals surface area contributed by atoms with Crippen molar-refractivity contribution >= 4 is 38.7 Å². The molecule has 1 N–H and O–H groups in total. The molecule has 0 radical (unpaired) electrons. The summed E-state index contributed by atoms with van der Waals surface area (Å²) in [5.41, 5.74) is 1.02. The van der Waals surface area contributed by atoms with E-state index in [1.165, 1.54) is 24.3 Å². The number of nitrogens with zero attached hydrogens (tertiary/aromatic N) is 2. The highest BCUT2D eigenvalue weighted by molar-refractivity contribution is 7.19. The Morgan fingerprint density at radius 3 is 2.43 bits per heavy atom. The van der Waals surface area contributed by atoms with Crippen molar-refractivity contribution in [1.82, 2.24) is 4.98 Å². The Morgan fingerprint density at radius 1 is 1.06 bits per heavy atom. The first-order valence-corrected chi connectivity index (χ1v) is 12.3. The lowest BCUT2D eigenvalue weighted by Crippen LogP contribution is -2.09. The number of unbranched alkanes of at least 4 members (excludes halogenated alkanes) is 1. The summed E-state index contributed by atoms with van der Waals surface area (Å²) >= 11 is 1.86. The quantitative estimate of drug-likeness (QED) is 0.137. The van der Waals surface area contributed by atoms with Gasteiger partial charge in [-0.05, 0) is 61.0 Å². The number of hydrogen-bond acceptors (Lipinski definition) is 8. The van der Waals surface area contributed by atoms with Gasteiger partial charge in [-0.1, -0.05) is 36.0 Å². The number of carbonyl (C=O) groups excluding carboxylic acids is 1. The molecule has 8 nitrogen and oxygen atoms in total. The van der Waals surface area contributed by atoms with E-state index in [0.29, 0.717) is 28.7 Å². The first-order valence-electron chi connectivity index (χ1n) is 10.7. The van der Waals surface area contributed by atoms with E-state index < -0.39 is 16.6 Å². The topological polar surface area (TPSA) is 104 Å². The van der Waals surface area contributed by atoms with Crippen LogP contribution in [0, 0.1) is 15.9 Å². The van der Waals surface area contributed by atoms with E-state index in [1.807, 2.05) is 0 Å². The number of aromatic nitrogens is 1. The smallest absolute Gasteiger partial charge is 0.324 e. The molecule has 35 heavy (non-hydrogen) atoms. The van der Waals surface area contributed by atoms with E-state index in [2.05, 4.69) is 17.2 Å². The second kappa shape index (κ2) is 11.1. The minimum Gasteiger partial charge on any atom is -0.494 e. The number of hydrogen-bond donors (Lipinski definition) is 1. The van der Waals surface area contributed by atoms with Gasteiger partial charge in [0.05, 0.1) is 16.4 Å². The zero-order valence-electron chi connectivity index (χ0n) is 18.5. The average Bonchev–Trinajstić information content (AvgIpc) is 3.49. The number of anilines is 1. The SMILES string of the molecule is CCCCOc1ccc(Oc2sc(NC(=O)c3ccc([N+](=O)[O-])s3)nc2-c2ccc(F)cc2)cc1. The van der Waals surface area contributed by atoms with Crippen LogP contribution in [-0.4, -0.2) is 22.4 Å². The van der Waals surface area contributed by atoms with Crippen molar-refractivity contribution in [3.8, 4) is 27.8 Å². The van der Waals surface area contributed by atoms with Crippen LogP contribution in [0.4, 0.5) is 14.5 Å². The van der Waals surface area contributed by atoms with Crippen LogP contribution in [0.1, 0.15) is 29.4 Å². The van der Waals surface area contributed by atoms with Crippen molar-refractivity contribution in [3.05, 3.63) is 81.5 Å². The fourth-order valence-corrected chi connectivity index (χ4v) is 4.54. The summed E-state index contributed by atoms with van der Waals surface area (Å²) in [5, 5.41) is 14.1. The molecule has 1 amide bonds. The molecule has 4 rings (SSSR count). The second-order valence-corrected chi connectivity index (χ2v) is 9.31. The summed E-state index contributed by atoms with van der Waals surface area (Å²) in [4.78, 5) is 27.6. The van der Waals surface area contributed by atoms with Crippen LogP contribution in [0.5, 0.6) is 16.6 Å². The van der Waals surface area contributed by atoms with Gasteiger partial charge in [-0.2, -0.15) is 0 Å². The highest BCUT2D eigenvalue weighted by Crippen LogP contribution is 2.41. The molecule has 0 unspecified atom stereocenters.